The van der Waals surface area contributed by atoms with Crippen molar-refractivity contribution in [2.45, 2.75) is 45.6 Å². The molecule has 2 fully saturated rings. The van der Waals surface area contributed by atoms with E-state index in [0.717, 1.165) is 49.8 Å². The molecule has 0 bridgehead atoms. The Hall–Kier alpha value is -2.08. The summed E-state index contributed by atoms with van der Waals surface area (Å²) in [6, 6.07) is 6.08. The van der Waals surface area contributed by atoms with E-state index in [0.29, 0.717) is 11.5 Å². The summed E-state index contributed by atoms with van der Waals surface area (Å²) in [5, 5.41) is 14.7. The zero-order valence-electron chi connectivity index (χ0n) is 18.4. The molecule has 0 spiro atoms. The van der Waals surface area contributed by atoms with Gasteiger partial charge in [0, 0.05) is 63.3 Å². The number of amides is 1. The summed E-state index contributed by atoms with van der Waals surface area (Å²) >= 11 is 0. The van der Waals surface area contributed by atoms with Gasteiger partial charge in [0.05, 0.1) is 0 Å². The average Bonchev–Trinajstić information content (AvgIpc) is 3.51. The Bertz CT molecular complexity index is 720. The van der Waals surface area contributed by atoms with E-state index in [-0.39, 0.29) is 17.7 Å². The van der Waals surface area contributed by atoms with Gasteiger partial charge in [-0.1, -0.05) is 13.8 Å². The van der Waals surface area contributed by atoms with E-state index in [1.807, 2.05) is 25.2 Å². The van der Waals surface area contributed by atoms with Crippen LogP contribution < -0.4 is 15.5 Å². The van der Waals surface area contributed by atoms with Crippen molar-refractivity contribution >= 4 is 23.0 Å². The van der Waals surface area contributed by atoms with Crippen molar-refractivity contribution in [1.82, 2.24) is 10.2 Å². The largest absolute Gasteiger partial charge is 0.388 e. The molecule has 1 amide bonds. The van der Waals surface area contributed by atoms with Gasteiger partial charge in [-0.2, -0.15) is 0 Å². The van der Waals surface area contributed by atoms with Crippen LogP contribution in [0.5, 0.6) is 0 Å². The van der Waals surface area contributed by atoms with E-state index in [1.165, 1.54) is 19.4 Å². The molecule has 0 aromatic heterocycles. The number of nitrogens with zero attached hydrogens (tertiary/aromatic N) is 2. The number of hydrogen-bond donors (Lipinski definition) is 3. The zero-order chi connectivity index (χ0) is 21.0. The Morgan fingerprint density at radius 1 is 1.24 bits per heavy atom. The quantitative estimate of drug-likeness (QED) is 0.558. The highest BCUT2D eigenvalue weighted by molar-refractivity contribution is 6.45. The minimum atomic E-state index is -0.273. The number of anilines is 2. The summed E-state index contributed by atoms with van der Waals surface area (Å²) in [6.07, 6.45) is 4.72. The molecule has 0 radical (unpaired) electrons. The number of carbonyl (C=O) groups is 1. The number of piperidine rings is 1. The van der Waals surface area contributed by atoms with E-state index in [2.05, 4.69) is 41.3 Å². The topological polar surface area (TPSA) is 71.5 Å². The molecule has 1 saturated carbocycles. The van der Waals surface area contributed by atoms with Gasteiger partial charge in [0.1, 0.15) is 5.71 Å². The van der Waals surface area contributed by atoms with Gasteiger partial charge in [0.2, 0.25) is 0 Å². The molecule has 1 saturated heterocycles. The van der Waals surface area contributed by atoms with Gasteiger partial charge in [-0.25, -0.2) is 0 Å². The number of hydrogen-bond acceptors (Lipinski definition) is 5. The molecule has 0 atom stereocenters. The van der Waals surface area contributed by atoms with E-state index in [1.54, 1.807) is 0 Å². The van der Waals surface area contributed by atoms with Gasteiger partial charge >= 0.3 is 0 Å². The molecule has 1 aliphatic heterocycles. The lowest BCUT2D eigenvalue weighted by molar-refractivity contribution is -0.115. The fourth-order valence-electron chi connectivity index (χ4n) is 4.15. The summed E-state index contributed by atoms with van der Waals surface area (Å²) in [7, 11) is 3.91. The van der Waals surface area contributed by atoms with Crippen LogP contribution in [0.25, 0.3) is 0 Å². The van der Waals surface area contributed by atoms with Crippen LogP contribution in [0.1, 0.15) is 45.1 Å². The molecule has 1 aliphatic carbocycles. The van der Waals surface area contributed by atoms with Crippen LogP contribution in [0.15, 0.2) is 18.2 Å². The first-order chi connectivity index (χ1) is 13.9. The lowest BCUT2D eigenvalue weighted by atomic mass is 10.0. The van der Waals surface area contributed by atoms with Gasteiger partial charge in [-0.3, -0.25) is 10.2 Å². The van der Waals surface area contributed by atoms with Gasteiger partial charge in [-0.05, 0) is 55.7 Å². The molecule has 1 aromatic carbocycles. The predicted molar refractivity (Wildman–Crippen MR) is 121 cm³/mol. The normalized spacial score (nSPS) is 18.0. The Labute approximate surface area is 175 Å². The molecule has 29 heavy (non-hydrogen) atoms. The third-order valence-electron chi connectivity index (χ3n) is 5.98. The highest BCUT2D eigenvalue weighted by Gasteiger charge is 2.28. The number of likely N-dealkylation sites (tertiary alicyclic amines) is 1. The molecule has 3 rings (SSSR count). The van der Waals surface area contributed by atoms with Crippen molar-refractivity contribution in [3.63, 3.8) is 0 Å². The predicted octanol–water partition coefficient (Wildman–Crippen LogP) is 3.18. The minimum Gasteiger partial charge on any atom is -0.388 e. The number of carbonyl (C=O) groups excluding carboxylic acids is 1. The summed E-state index contributed by atoms with van der Waals surface area (Å²) in [5.41, 5.74) is 2.59. The Morgan fingerprint density at radius 3 is 2.52 bits per heavy atom. The van der Waals surface area contributed by atoms with Gasteiger partial charge < -0.3 is 20.4 Å². The van der Waals surface area contributed by atoms with Crippen molar-refractivity contribution in [2.75, 3.05) is 50.5 Å². The molecule has 160 valence electrons. The smallest absolute Gasteiger partial charge is 0.270 e. The second-order valence-corrected chi connectivity index (χ2v) is 9.12. The number of benzene rings is 1. The van der Waals surface area contributed by atoms with Crippen molar-refractivity contribution in [2.24, 2.45) is 11.8 Å². The molecule has 6 nitrogen and oxygen atoms in total. The minimum absolute atomic E-state index is 0.0350. The van der Waals surface area contributed by atoms with Crippen LogP contribution in [0.4, 0.5) is 11.4 Å². The van der Waals surface area contributed by atoms with Gasteiger partial charge in [0.25, 0.3) is 5.91 Å². The first-order valence-corrected chi connectivity index (χ1v) is 11.0. The molecule has 0 unspecified atom stereocenters. The standard InChI is InChI=1S/C23H37N5O/c1-16(2)14-27(4)19-7-8-20(21(13-19)25-3)22(24)23(29)26-18-9-11-28(12-10-18)15-17-5-6-17/h7-8,13,16-18,24-25H,5-6,9-12,14-15H2,1-4H3,(H,26,29). The van der Waals surface area contributed by atoms with Crippen LogP contribution in [0.2, 0.25) is 0 Å². The Morgan fingerprint density at radius 2 is 1.93 bits per heavy atom. The van der Waals surface area contributed by atoms with Crippen LogP contribution >= 0.6 is 0 Å². The Balaban J connectivity index is 1.57. The lowest BCUT2D eigenvalue weighted by Gasteiger charge is -2.32. The summed E-state index contributed by atoms with van der Waals surface area (Å²) in [5.74, 6) is 1.21. The maximum absolute atomic E-state index is 12.7. The fraction of sp³-hybridized carbons (Fsp3) is 0.652. The molecule has 3 N–H and O–H groups in total. The fourth-order valence-corrected chi connectivity index (χ4v) is 4.15. The van der Waals surface area contributed by atoms with Crippen LogP contribution in [-0.4, -0.2) is 62.8 Å². The molecule has 6 heteroatoms. The van der Waals surface area contributed by atoms with Crippen molar-refractivity contribution in [3.05, 3.63) is 23.8 Å². The second kappa shape index (κ2) is 9.61. The molecule has 2 aliphatic rings. The molecular weight excluding hydrogens is 362 g/mol. The summed E-state index contributed by atoms with van der Waals surface area (Å²) < 4.78 is 0. The van der Waals surface area contributed by atoms with Crippen LogP contribution in [0.3, 0.4) is 0 Å². The van der Waals surface area contributed by atoms with Crippen LogP contribution in [0, 0.1) is 17.2 Å². The number of rotatable bonds is 9. The first-order valence-electron chi connectivity index (χ1n) is 11.0. The average molecular weight is 400 g/mol. The van der Waals surface area contributed by atoms with Crippen LogP contribution in [-0.2, 0) is 4.79 Å². The van der Waals surface area contributed by atoms with E-state index < -0.39 is 0 Å². The molecule has 1 aromatic rings. The highest BCUT2D eigenvalue weighted by atomic mass is 16.1. The summed E-state index contributed by atoms with van der Waals surface area (Å²) in [6.45, 7) is 8.67. The van der Waals surface area contributed by atoms with Crippen molar-refractivity contribution < 1.29 is 4.79 Å². The SMILES string of the molecule is CNc1cc(N(C)CC(C)C)ccc1C(=N)C(=O)NC1CCN(CC2CC2)CC1. The molecule has 1 heterocycles. The first kappa shape index (κ1) is 21.6. The third-order valence-corrected chi connectivity index (χ3v) is 5.98. The van der Waals surface area contributed by atoms with Gasteiger partial charge in [0.15, 0.2) is 0 Å². The van der Waals surface area contributed by atoms with E-state index in [9.17, 15) is 4.79 Å². The van der Waals surface area contributed by atoms with Crippen molar-refractivity contribution in [3.8, 4) is 0 Å². The Kier molecular flexibility index (Phi) is 7.17. The molecular formula is C23H37N5O. The van der Waals surface area contributed by atoms with E-state index >= 15 is 0 Å². The van der Waals surface area contributed by atoms with Gasteiger partial charge in [-0.15, -0.1) is 0 Å². The summed E-state index contributed by atoms with van der Waals surface area (Å²) in [4.78, 5) is 17.5. The van der Waals surface area contributed by atoms with Crippen molar-refractivity contribution in [1.29, 1.82) is 5.41 Å². The number of nitrogens with one attached hydrogen (secondary N) is 3. The zero-order valence-corrected chi connectivity index (χ0v) is 18.4. The third kappa shape index (κ3) is 5.95. The highest BCUT2D eigenvalue weighted by Crippen LogP contribution is 2.30. The second-order valence-electron chi connectivity index (χ2n) is 9.12. The lowest BCUT2D eigenvalue weighted by Crippen LogP contribution is -2.47. The monoisotopic (exact) mass is 399 g/mol. The maximum Gasteiger partial charge on any atom is 0.270 e. The maximum atomic E-state index is 12.7. The van der Waals surface area contributed by atoms with E-state index in [4.69, 9.17) is 5.41 Å².